The van der Waals surface area contributed by atoms with E-state index in [2.05, 4.69) is 10.1 Å². The highest BCUT2D eigenvalue weighted by Crippen LogP contribution is 2.17. The van der Waals surface area contributed by atoms with Crippen molar-refractivity contribution in [2.75, 3.05) is 19.0 Å². The van der Waals surface area contributed by atoms with Crippen LogP contribution in [-0.4, -0.2) is 28.7 Å². The van der Waals surface area contributed by atoms with E-state index in [1.807, 2.05) is 42.7 Å². The second-order valence-electron chi connectivity index (χ2n) is 3.25. The average molecular weight is 176 g/mol. The molecule has 0 aliphatic heterocycles. The zero-order chi connectivity index (χ0) is 9.42. The first kappa shape index (κ1) is 8.04. The molecule has 0 aromatic carbocycles. The molecule has 0 aliphatic rings. The molecule has 68 valence electrons. The first-order chi connectivity index (χ1) is 6.20. The Morgan fingerprint density at radius 3 is 2.85 bits per heavy atom. The lowest BCUT2D eigenvalue weighted by molar-refractivity contribution is 0.895. The number of anilines is 1. The van der Waals surface area contributed by atoms with Gasteiger partial charge in [0.25, 0.3) is 0 Å². The van der Waals surface area contributed by atoms with Crippen molar-refractivity contribution in [3.8, 4) is 0 Å². The number of hydrogen-bond donors (Lipinski definition) is 0. The SMILES string of the molecule is Cc1ccnc2c(N(C)C)cnn12. The number of aryl methyl sites for hydroxylation is 1. The van der Waals surface area contributed by atoms with Crippen molar-refractivity contribution in [1.82, 2.24) is 14.6 Å². The second kappa shape index (κ2) is 2.73. The van der Waals surface area contributed by atoms with E-state index in [1.165, 1.54) is 0 Å². The van der Waals surface area contributed by atoms with Gasteiger partial charge in [-0.15, -0.1) is 0 Å². The van der Waals surface area contributed by atoms with Gasteiger partial charge in [0.05, 0.1) is 6.20 Å². The van der Waals surface area contributed by atoms with Crippen LogP contribution in [0.5, 0.6) is 0 Å². The summed E-state index contributed by atoms with van der Waals surface area (Å²) in [7, 11) is 3.97. The molecule has 0 radical (unpaired) electrons. The molecule has 2 rings (SSSR count). The van der Waals surface area contributed by atoms with Crippen LogP contribution in [0.1, 0.15) is 5.69 Å². The van der Waals surface area contributed by atoms with Crippen molar-refractivity contribution >= 4 is 11.3 Å². The maximum atomic E-state index is 4.28. The maximum Gasteiger partial charge on any atom is 0.178 e. The topological polar surface area (TPSA) is 33.4 Å². The van der Waals surface area contributed by atoms with Crippen molar-refractivity contribution in [3.05, 3.63) is 24.2 Å². The molecular formula is C9H12N4. The molecule has 0 amide bonds. The molecule has 4 heteroatoms. The van der Waals surface area contributed by atoms with Gasteiger partial charge < -0.3 is 4.90 Å². The fourth-order valence-electron chi connectivity index (χ4n) is 1.31. The number of fused-ring (bicyclic) bond motifs is 1. The van der Waals surface area contributed by atoms with Crippen LogP contribution in [0.3, 0.4) is 0 Å². The summed E-state index contributed by atoms with van der Waals surface area (Å²) in [5.41, 5.74) is 3.05. The minimum atomic E-state index is 0.907. The summed E-state index contributed by atoms with van der Waals surface area (Å²) < 4.78 is 1.84. The van der Waals surface area contributed by atoms with Gasteiger partial charge in [-0.05, 0) is 13.0 Å². The van der Waals surface area contributed by atoms with Crippen LogP contribution in [0, 0.1) is 6.92 Å². The van der Waals surface area contributed by atoms with E-state index in [4.69, 9.17) is 0 Å². The quantitative estimate of drug-likeness (QED) is 0.652. The fourth-order valence-corrected chi connectivity index (χ4v) is 1.31. The van der Waals surface area contributed by atoms with E-state index in [1.54, 1.807) is 6.20 Å². The molecule has 2 aromatic heterocycles. The molecule has 0 saturated carbocycles. The Kier molecular flexibility index (Phi) is 1.69. The summed E-state index contributed by atoms with van der Waals surface area (Å²) in [4.78, 5) is 6.29. The normalized spacial score (nSPS) is 10.7. The van der Waals surface area contributed by atoms with Crippen molar-refractivity contribution in [3.63, 3.8) is 0 Å². The molecule has 0 N–H and O–H groups in total. The Balaban J connectivity index is 2.75. The van der Waals surface area contributed by atoms with Crippen molar-refractivity contribution in [1.29, 1.82) is 0 Å². The van der Waals surface area contributed by atoms with E-state index < -0.39 is 0 Å². The Hall–Kier alpha value is -1.58. The van der Waals surface area contributed by atoms with Crippen LogP contribution in [0.2, 0.25) is 0 Å². The van der Waals surface area contributed by atoms with Gasteiger partial charge in [-0.1, -0.05) is 0 Å². The molecule has 2 heterocycles. The van der Waals surface area contributed by atoms with Crippen LogP contribution >= 0.6 is 0 Å². The van der Waals surface area contributed by atoms with Crippen molar-refractivity contribution in [2.24, 2.45) is 0 Å². The molecule has 0 fully saturated rings. The standard InChI is InChI=1S/C9H12N4/c1-7-4-5-10-9-8(12(2)3)6-11-13(7)9/h4-6H,1-3H3. The van der Waals surface area contributed by atoms with E-state index in [-0.39, 0.29) is 0 Å². The molecule has 2 aromatic rings. The van der Waals surface area contributed by atoms with Crippen molar-refractivity contribution in [2.45, 2.75) is 6.92 Å². The zero-order valence-electron chi connectivity index (χ0n) is 8.02. The third-order valence-electron chi connectivity index (χ3n) is 2.05. The van der Waals surface area contributed by atoms with Crippen LogP contribution in [-0.2, 0) is 0 Å². The van der Waals surface area contributed by atoms with Crippen molar-refractivity contribution < 1.29 is 0 Å². The van der Waals surface area contributed by atoms with Gasteiger partial charge >= 0.3 is 0 Å². The molecule has 0 unspecified atom stereocenters. The largest absolute Gasteiger partial charge is 0.373 e. The Morgan fingerprint density at radius 2 is 2.15 bits per heavy atom. The summed E-state index contributed by atoms with van der Waals surface area (Å²) in [6, 6.07) is 1.94. The molecule has 0 bridgehead atoms. The third kappa shape index (κ3) is 1.14. The van der Waals surface area contributed by atoms with Crippen LogP contribution < -0.4 is 4.90 Å². The summed E-state index contributed by atoms with van der Waals surface area (Å²) in [6.07, 6.45) is 3.63. The molecule has 4 nitrogen and oxygen atoms in total. The summed E-state index contributed by atoms with van der Waals surface area (Å²) in [5.74, 6) is 0. The maximum absolute atomic E-state index is 4.28. The number of hydrogen-bond acceptors (Lipinski definition) is 3. The van der Waals surface area contributed by atoms with Crippen LogP contribution in [0.15, 0.2) is 18.5 Å². The third-order valence-corrected chi connectivity index (χ3v) is 2.05. The predicted molar refractivity (Wildman–Crippen MR) is 52.1 cm³/mol. The highest BCUT2D eigenvalue weighted by atomic mass is 15.3. The highest BCUT2D eigenvalue weighted by molar-refractivity contribution is 5.67. The van der Waals surface area contributed by atoms with Gasteiger partial charge in [0.2, 0.25) is 0 Å². The van der Waals surface area contributed by atoms with Gasteiger partial charge in [0.1, 0.15) is 5.69 Å². The Morgan fingerprint density at radius 1 is 1.38 bits per heavy atom. The lowest BCUT2D eigenvalue weighted by atomic mass is 10.4. The molecule has 0 spiro atoms. The number of aromatic nitrogens is 3. The minimum absolute atomic E-state index is 0.907. The van der Waals surface area contributed by atoms with Gasteiger partial charge in [-0.25, -0.2) is 9.50 Å². The Bertz CT molecular complexity index is 430. The first-order valence-electron chi connectivity index (χ1n) is 4.17. The van der Waals surface area contributed by atoms with Crippen LogP contribution in [0.4, 0.5) is 5.69 Å². The molecular weight excluding hydrogens is 164 g/mol. The van der Waals surface area contributed by atoms with Gasteiger partial charge in [-0.3, -0.25) is 0 Å². The van der Waals surface area contributed by atoms with Gasteiger partial charge in [0, 0.05) is 26.0 Å². The zero-order valence-corrected chi connectivity index (χ0v) is 8.02. The average Bonchev–Trinajstić information content (AvgIpc) is 2.48. The van der Waals surface area contributed by atoms with Gasteiger partial charge in [0.15, 0.2) is 5.65 Å². The monoisotopic (exact) mass is 176 g/mol. The molecule has 13 heavy (non-hydrogen) atoms. The van der Waals surface area contributed by atoms with E-state index in [0.717, 1.165) is 17.0 Å². The lowest BCUT2D eigenvalue weighted by Crippen LogP contribution is -2.08. The van der Waals surface area contributed by atoms with E-state index >= 15 is 0 Å². The van der Waals surface area contributed by atoms with Gasteiger partial charge in [-0.2, -0.15) is 5.10 Å². The first-order valence-corrected chi connectivity index (χ1v) is 4.17. The van der Waals surface area contributed by atoms with Crippen LogP contribution in [0.25, 0.3) is 5.65 Å². The molecule has 0 saturated heterocycles. The van der Waals surface area contributed by atoms with E-state index in [9.17, 15) is 0 Å². The highest BCUT2D eigenvalue weighted by Gasteiger charge is 2.06. The Labute approximate surface area is 76.8 Å². The lowest BCUT2D eigenvalue weighted by Gasteiger charge is -2.08. The minimum Gasteiger partial charge on any atom is -0.373 e. The summed E-state index contributed by atoms with van der Waals surface area (Å²) in [6.45, 7) is 2.02. The second-order valence-corrected chi connectivity index (χ2v) is 3.25. The summed E-state index contributed by atoms with van der Waals surface area (Å²) >= 11 is 0. The fraction of sp³-hybridized carbons (Fsp3) is 0.333. The predicted octanol–water partition coefficient (Wildman–Crippen LogP) is 1.10. The summed E-state index contributed by atoms with van der Waals surface area (Å²) in [5, 5.41) is 4.25. The molecule has 0 atom stereocenters. The smallest absolute Gasteiger partial charge is 0.178 e. The number of nitrogens with zero attached hydrogens (tertiary/aromatic N) is 4. The molecule has 0 aliphatic carbocycles. The van der Waals surface area contributed by atoms with E-state index in [0.29, 0.717) is 0 Å². The number of rotatable bonds is 1.